The molecule has 0 saturated heterocycles. The lowest BCUT2D eigenvalue weighted by Crippen LogP contribution is -2.18. The highest BCUT2D eigenvalue weighted by molar-refractivity contribution is 6.34. The van der Waals surface area contributed by atoms with E-state index in [2.05, 4.69) is 20.8 Å². The molecule has 0 radical (unpaired) electrons. The van der Waals surface area contributed by atoms with Gasteiger partial charge in [-0.2, -0.15) is 0 Å². The van der Waals surface area contributed by atoms with Crippen LogP contribution in [0.4, 0.5) is 0 Å². The molecule has 2 aromatic carbocycles. The molecule has 20 heavy (non-hydrogen) atoms. The molecule has 104 valence electrons. The Bertz CT molecular complexity index is 596. The van der Waals surface area contributed by atoms with Gasteiger partial charge in [0.05, 0.1) is 0 Å². The van der Waals surface area contributed by atoms with Crippen molar-refractivity contribution < 1.29 is 4.79 Å². The predicted molar refractivity (Wildman–Crippen MR) is 84.5 cm³/mol. The summed E-state index contributed by atoms with van der Waals surface area (Å²) < 4.78 is 0. The van der Waals surface area contributed by atoms with Gasteiger partial charge in [-0.05, 0) is 16.5 Å². The predicted octanol–water partition coefficient (Wildman–Crippen LogP) is 5.15. The number of alkyl halides is 1. The Morgan fingerprint density at radius 2 is 1.50 bits per heavy atom. The lowest BCUT2D eigenvalue weighted by Gasteiger charge is -2.23. The van der Waals surface area contributed by atoms with Crippen LogP contribution in [0.5, 0.6) is 0 Å². The van der Waals surface area contributed by atoms with Crippen LogP contribution in [0.15, 0.2) is 54.6 Å². The Kier molecular flexibility index (Phi) is 4.29. The van der Waals surface area contributed by atoms with Crippen molar-refractivity contribution in [3.63, 3.8) is 0 Å². The van der Waals surface area contributed by atoms with Crippen molar-refractivity contribution in [1.82, 2.24) is 0 Å². The first-order chi connectivity index (χ1) is 9.41. The van der Waals surface area contributed by atoms with Crippen LogP contribution in [0.3, 0.4) is 0 Å². The zero-order chi connectivity index (χ0) is 14.8. The van der Waals surface area contributed by atoms with Crippen molar-refractivity contribution in [2.75, 3.05) is 0 Å². The third-order valence-electron chi connectivity index (χ3n) is 3.32. The molecule has 1 atom stereocenters. The summed E-state index contributed by atoms with van der Waals surface area (Å²) in [6, 6.07) is 17.2. The fourth-order valence-corrected chi connectivity index (χ4v) is 2.52. The SMILES string of the molecule is CC(C)(C)c1ccccc1C(=O)C(Cl)c1ccccc1. The zero-order valence-electron chi connectivity index (χ0n) is 12.1. The largest absolute Gasteiger partial charge is 0.292 e. The summed E-state index contributed by atoms with van der Waals surface area (Å²) in [4.78, 5) is 12.7. The van der Waals surface area contributed by atoms with Crippen LogP contribution >= 0.6 is 11.6 Å². The summed E-state index contributed by atoms with van der Waals surface area (Å²) in [5, 5.41) is -0.639. The molecule has 0 amide bonds. The summed E-state index contributed by atoms with van der Waals surface area (Å²) in [6.07, 6.45) is 0. The van der Waals surface area contributed by atoms with Gasteiger partial charge in [0.1, 0.15) is 5.38 Å². The number of carbonyl (C=O) groups is 1. The van der Waals surface area contributed by atoms with Gasteiger partial charge in [0.25, 0.3) is 0 Å². The number of carbonyl (C=O) groups excluding carboxylic acids is 1. The van der Waals surface area contributed by atoms with Gasteiger partial charge < -0.3 is 0 Å². The summed E-state index contributed by atoms with van der Waals surface area (Å²) in [5.74, 6) is -0.0385. The van der Waals surface area contributed by atoms with Gasteiger partial charge in [-0.3, -0.25) is 4.79 Å². The maximum absolute atomic E-state index is 12.7. The van der Waals surface area contributed by atoms with E-state index < -0.39 is 5.38 Å². The van der Waals surface area contributed by atoms with Crippen molar-refractivity contribution in [2.24, 2.45) is 0 Å². The first-order valence-electron chi connectivity index (χ1n) is 6.74. The van der Waals surface area contributed by atoms with Gasteiger partial charge in [-0.1, -0.05) is 75.4 Å². The second kappa shape index (κ2) is 5.80. The van der Waals surface area contributed by atoms with Gasteiger partial charge in [0.2, 0.25) is 0 Å². The van der Waals surface area contributed by atoms with E-state index in [4.69, 9.17) is 11.6 Å². The summed E-state index contributed by atoms with van der Waals surface area (Å²) >= 11 is 6.36. The molecule has 1 unspecified atom stereocenters. The van der Waals surface area contributed by atoms with Crippen LogP contribution in [0, 0.1) is 0 Å². The minimum atomic E-state index is -0.639. The third kappa shape index (κ3) is 3.10. The van der Waals surface area contributed by atoms with E-state index in [1.54, 1.807) is 0 Å². The van der Waals surface area contributed by atoms with Gasteiger partial charge in [0, 0.05) is 5.56 Å². The first-order valence-corrected chi connectivity index (χ1v) is 7.17. The van der Waals surface area contributed by atoms with E-state index in [-0.39, 0.29) is 11.2 Å². The van der Waals surface area contributed by atoms with Gasteiger partial charge >= 0.3 is 0 Å². The molecule has 0 bridgehead atoms. The van der Waals surface area contributed by atoms with E-state index in [0.717, 1.165) is 11.1 Å². The minimum absolute atomic E-state index is 0.0385. The Labute approximate surface area is 125 Å². The molecular weight excluding hydrogens is 268 g/mol. The smallest absolute Gasteiger partial charge is 0.185 e. The molecular formula is C18H19ClO. The number of halogens is 1. The van der Waals surface area contributed by atoms with Crippen LogP contribution in [0.25, 0.3) is 0 Å². The summed E-state index contributed by atoms with van der Waals surface area (Å²) in [5.41, 5.74) is 2.50. The van der Waals surface area contributed by atoms with E-state index in [1.165, 1.54) is 0 Å². The molecule has 0 N–H and O–H groups in total. The average molecular weight is 287 g/mol. The number of Topliss-reactive ketones (excluding diaryl/α,β-unsaturated/α-hetero) is 1. The van der Waals surface area contributed by atoms with E-state index in [9.17, 15) is 4.79 Å². The topological polar surface area (TPSA) is 17.1 Å². The standard InChI is InChI=1S/C18H19ClO/c1-18(2,3)15-12-8-7-11-14(15)17(20)16(19)13-9-5-4-6-10-13/h4-12,16H,1-3H3. The third-order valence-corrected chi connectivity index (χ3v) is 3.77. The number of rotatable bonds is 3. The Balaban J connectivity index is 2.40. The van der Waals surface area contributed by atoms with E-state index in [0.29, 0.717) is 5.56 Å². The average Bonchev–Trinajstić information content (AvgIpc) is 2.46. The van der Waals surface area contributed by atoms with Gasteiger partial charge in [-0.15, -0.1) is 11.6 Å². The molecule has 2 aromatic rings. The maximum Gasteiger partial charge on any atom is 0.185 e. The molecule has 0 aliphatic rings. The Morgan fingerprint density at radius 1 is 0.950 bits per heavy atom. The van der Waals surface area contributed by atoms with Gasteiger partial charge in [0.15, 0.2) is 5.78 Å². The van der Waals surface area contributed by atoms with Crippen LogP contribution < -0.4 is 0 Å². The van der Waals surface area contributed by atoms with Crippen molar-refractivity contribution in [3.05, 3.63) is 71.3 Å². The number of benzene rings is 2. The fourth-order valence-electron chi connectivity index (χ4n) is 2.26. The van der Waals surface area contributed by atoms with Crippen molar-refractivity contribution in [1.29, 1.82) is 0 Å². The molecule has 0 saturated carbocycles. The Hall–Kier alpha value is -1.60. The molecule has 0 fully saturated rings. The van der Waals surface area contributed by atoms with Crippen LogP contribution in [0.2, 0.25) is 0 Å². The lowest BCUT2D eigenvalue weighted by molar-refractivity contribution is 0.0985. The van der Waals surface area contributed by atoms with Crippen molar-refractivity contribution >= 4 is 17.4 Å². The van der Waals surface area contributed by atoms with E-state index >= 15 is 0 Å². The monoisotopic (exact) mass is 286 g/mol. The number of hydrogen-bond acceptors (Lipinski definition) is 1. The normalized spacial score (nSPS) is 13.0. The zero-order valence-corrected chi connectivity index (χ0v) is 12.8. The minimum Gasteiger partial charge on any atom is -0.292 e. The first kappa shape index (κ1) is 14.8. The number of hydrogen-bond donors (Lipinski definition) is 0. The second-order valence-corrected chi connectivity index (χ2v) is 6.37. The highest BCUT2D eigenvalue weighted by atomic mass is 35.5. The molecule has 0 aliphatic heterocycles. The van der Waals surface area contributed by atoms with Crippen LogP contribution in [0.1, 0.15) is 47.6 Å². The molecule has 0 aromatic heterocycles. The van der Waals surface area contributed by atoms with Crippen LogP contribution in [-0.2, 0) is 5.41 Å². The molecule has 0 spiro atoms. The highest BCUT2D eigenvalue weighted by Crippen LogP contribution is 2.31. The quantitative estimate of drug-likeness (QED) is 0.563. The van der Waals surface area contributed by atoms with Crippen molar-refractivity contribution in [3.8, 4) is 0 Å². The van der Waals surface area contributed by atoms with Crippen LogP contribution in [-0.4, -0.2) is 5.78 Å². The summed E-state index contributed by atoms with van der Waals surface area (Å²) in [6.45, 7) is 6.31. The second-order valence-electron chi connectivity index (χ2n) is 5.93. The van der Waals surface area contributed by atoms with E-state index in [1.807, 2.05) is 54.6 Å². The molecule has 2 heteroatoms. The van der Waals surface area contributed by atoms with Gasteiger partial charge in [-0.25, -0.2) is 0 Å². The highest BCUT2D eigenvalue weighted by Gasteiger charge is 2.25. The molecule has 0 heterocycles. The lowest BCUT2D eigenvalue weighted by atomic mass is 9.82. The summed E-state index contributed by atoms with van der Waals surface area (Å²) in [7, 11) is 0. The van der Waals surface area contributed by atoms with Crippen molar-refractivity contribution in [2.45, 2.75) is 31.6 Å². The Morgan fingerprint density at radius 3 is 2.10 bits per heavy atom. The maximum atomic E-state index is 12.7. The molecule has 1 nitrogen and oxygen atoms in total. The molecule has 0 aliphatic carbocycles. The molecule has 2 rings (SSSR count). The number of ketones is 1. The fraction of sp³-hybridized carbons (Fsp3) is 0.278.